The standard InChI is InChI=1S/C23H34N2O5/c1-5-9-19(16-25-12-14-28-15-13-25)20(21(26)30-23(2,3)4)24-22(27)29-17-18-10-7-6-8-11-18/h5-8,10-11,19-20H,1,9,12-17H2,2-4H3,(H,24,27)/t19-,20+/m1/s1. The second-order valence-electron chi connectivity index (χ2n) is 8.41. The number of rotatable bonds is 9. The van der Waals surface area contributed by atoms with Crippen LogP contribution in [-0.2, 0) is 25.6 Å². The molecule has 7 heteroatoms. The maximum atomic E-state index is 13.0. The summed E-state index contributed by atoms with van der Waals surface area (Å²) in [7, 11) is 0. The molecule has 0 aliphatic carbocycles. The van der Waals surface area contributed by atoms with Gasteiger partial charge < -0.3 is 19.5 Å². The zero-order valence-electron chi connectivity index (χ0n) is 18.3. The SMILES string of the molecule is C=CC[C@H](CN1CCOCC1)[C@H](NC(=O)OCc1ccccc1)C(=O)OC(C)(C)C. The second-order valence-corrected chi connectivity index (χ2v) is 8.41. The summed E-state index contributed by atoms with van der Waals surface area (Å²) in [5, 5.41) is 2.74. The van der Waals surface area contributed by atoms with Crippen molar-refractivity contribution in [2.24, 2.45) is 5.92 Å². The zero-order chi connectivity index (χ0) is 22.0. The lowest BCUT2D eigenvalue weighted by atomic mass is 9.94. The molecule has 1 N–H and O–H groups in total. The first kappa shape index (κ1) is 23.9. The van der Waals surface area contributed by atoms with Gasteiger partial charge in [-0.2, -0.15) is 0 Å². The number of amides is 1. The van der Waals surface area contributed by atoms with E-state index in [1.54, 1.807) is 26.8 Å². The highest BCUT2D eigenvalue weighted by Crippen LogP contribution is 2.18. The van der Waals surface area contributed by atoms with Crippen molar-refractivity contribution in [2.45, 2.75) is 45.4 Å². The van der Waals surface area contributed by atoms with E-state index in [4.69, 9.17) is 14.2 Å². The predicted octanol–water partition coefficient (Wildman–Crippen LogP) is 3.15. The van der Waals surface area contributed by atoms with Gasteiger partial charge in [-0.05, 0) is 32.8 Å². The van der Waals surface area contributed by atoms with Gasteiger partial charge in [0.05, 0.1) is 13.2 Å². The molecular formula is C23H34N2O5. The third-order valence-corrected chi connectivity index (χ3v) is 4.68. The largest absolute Gasteiger partial charge is 0.458 e. The number of alkyl carbamates (subject to hydrolysis) is 1. The molecule has 166 valence electrons. The fourth-order valence-corrected chi connectivity index (χ4v) is 3.27. The molecule has 0 bridgehead atoms. The molecule has 0 spiro atoms. The van der Waals surface area contributed by atoms with Gasteiger partial charge in [0.2, 0.25) is 0 Å². The number of allylic oxidation sites excluding steroid dienone is 1. The van der Waals surface area contributed by atoms with E-state index >= 15 is 0 Å². The summed E-state index contributed by atoms with van der Waals surface area (Å²) in [6.07, 6.45) is 1.67. The van der Waals surface area contributed by atoms with Crippen LogP contribution in [0.2, 0.25) is 0 Å². The van der Waals surface area contributed by atoms with E-state index in [-0.39, 0.29) is 12.5 Å². The molecule has 0 aromatic heterocycles. The minimum atomic E-state index is -0.839. The number of hydrogen-bond acceptors (Lipinski definition) is 6. The highest BCUT2D eigenvalue weighted by Gasteiger charge is 2.34. The lowest BCUT2D eigenvalue weighted by Gasteiger charge is -2.34. The van der Waals surface area contributed by atoms with Gasteiger partial charge in [-0.15, -0.1) is 6.58 Å². The van der Waals surface area contributed by atoms with E-state index in [0.29, 0.717) is 26.2 Å². The highest BCUT2D eigenvalue weighted by atomic mass is 16.6. The van der Waals surface area contributed by atoms with Crippen molar-refractivity contribution in [1.29, 1.82) is 0 Å². The van der Waals surface area contributed by atoms with E-state index in [0.717, 1.165) is 18.7 Å². The topological polar surface area (TPSA) is 77.1 Å². The molecule has 7 nitrogen and oxygen atoms in total. The van der Waals surface area contributed by atoms with E-state index in [2.05, 4.69) is 16.8 Å². The van der Waals surface area contributed by atoms with Crippen molar-refractivity contribution in [3.05, 3.63) is 48.6 Å². The summed E-state index contributed by atoms with van der Waals surface area (Å²) in [6, 6.07) is 8.56. The summed E-state index contributed by atoms with van der Waals surface area (Å²) in [5.41, 5.74) is 0.209. The van der Waals surface area contributed by atoms with Crippen LogP contribution >= 0.6 is 0 Å². The van der Waals surface area contributed by atoms with Crippen LogP contribution < -0.4 is 5.32 Å². The molecular weight excluding hydrogens is 384 g/mol. The number of nitrogens with zero attached hydrogens (tertiary/aromatic N) is 1. The maximum Gasteiger partial charge on any atom is 0.408 e. The van der Waals surface area contributed by atoms with Crippen molar-refractivity contribution in [3.8, 4) is 0 Å². The molecule has 1 heterocycles. The molecule has 1 saturated heterocycles. The lowest BCUT2D eigenvalue weighted by molar-refractivity contribution is -0.159. The van der Waals surface area contributed by atoms with E-state index in [1.807, 2.05) is 30.3 Å². The first-order valence-corrected chi connectivity index (χ1v) is 10.4. The molecule has 2 atom stereocenters. The highest BCUT2D eigenvalue weighted by molar-refractivity contribution is 5.82. The molecule has 1 aromatic carbocycles. The summed E-state index contributed by atoms with van der Waals surface area (Å²) in [5.74, 6) is -0.668. The van der Waals surface area contributed by atoms with E-state index < -0.39 is 23.7 Å². The van der Waals surface area contributed by atoms with Crippen LogP contribution in [0.3, 0.4) is 0 Å². The van der Waals surface area contributed by atoms with Gasteiger partial charge in [-0.1, -0.05) is 36.4 Å². The van der Waals surface area contributed by atoms with Crippen LogP contribution in [0.4, 0.5) is 4.79 Å². The average Bonchev–Trinajstić information content (AvgIpc) is 2.70. The van der Waals surface area contributed by atoms with Crippen molar-refractivity contribution >= 4 is 12.1 Å². The molecule has 1 aliphatic heterocycles. The lowest BCUT2D eigenvalue weighted by Crippen LogP contribution is -2.52. The van der Waals surface area contributed by atoms with Gasteiger partial charge in [-0.25, -0.2) is 9.59 Å². The summed E-state index contributed by atoms with van der Waals surface area (Å²) in [6.45, 7) is 12.9. The number of carbonyl (C=O) groups excluding carboxylic acids is 2. The van der Waals surface area contributed by atoms with Gasteiger partial charge in [0.25, 0.3) is 0 Å². The molecule has 30 heavy (non-hydrogen) atoms. The fourth-order valence-electron chi connectivity index (χ4n) is 3.27. The predicted molar refractivity (Wildman–Crippen MR) is 115 cm³/mol. The summed E-state index contributed by atoms with van der Waals surface area (Å²) in [4.78, 5) is 27.7. The third-order valence-electron chi connectivity index (χ3n) is 4.68. The first-order valence-electron chi connectivity index (χ1n) is 10.4. The van der Waals surface area contributed by atoms with Gasteiger partial charge in [0, 0.05) is 25.6 Å². The molecule has 0 unspecified atom stereocenters. The van der Waals surface area contributed by atoms with Crippen LogP contribution in [0.25, 0.3) is 0 Å². The molecule has 1 amide bonds. The Morgan fingerprint density at radius 3 is 2.50 bits per heavy atom. The monoisotopic (exact) mass is 418 g/mol. The molecule has 1 fully saturated rings. The van der Waals surface area contributed by atoms with Gasteiger partial charge in [0.15, 0.2) is 0 Å². The Bertz CT molecular complexity index is 681. The summed E-state index contributed by atoms with van der Waals surface area (Å²) >= 11 is 0. The smallest absolute Gasteiger partial charge is 0.408 e. The van der Waals surface area contributed by atoms with Crippen LogP contribution in [0.1, 0.15) is 32.8 Å². The fraction of sp³-hybridized carbons (Fsp3) is 0.565. The Hall–Kier alpha value is -2.38. The Labute approximate surface area is 179 Å². The van der Waals surface area contributed by atoms with Crippen molar-refractivity contribution < 1.29 is 23.8 Å². The van der Waals surface area contributed by atoms with Gasteiger partial charge in [0.1, 0.15) is 18.2 Å². The zero-order valence-corrected chi connectivity index (χ0v) is 18.3. The quantitative estimate of drug-likeness (QED) is 0.490. The minimum Gasteiger partial charge on any atom is -0.458 e. The molecule has 1 aromatic rings. The van der Waals surface area contributed by atoms with Crippen LogP contribution in [0.15, 0.2) is 43.0 Å². The number of carbonyl (C=O) groups is 2. The third kappa shape index (κ3) is 8.55. The minimum absolute atomic E-state index is 0.128. The Balaban J connectivity index is 2.08. The van der Waals surface area contributed by atoms with Crippen molar-refractivity contribution in [1.82, 2.24) is 10.2 Å². The normalized spacial score (nSPS) is 16.9. The number of hydrogen-bond donors (Lipinski definition) is 1. The molecule has 2 rings (SSSR count). The Kier molecular flexibility index (Phi) is 9.33. The maximum absolute atomic E-state index is 13.0. The number of ether oxygens (including phenoxy) is 3. The second kappa shape index (κ2) is 11.7. The summed E-state index contributed by atoms with van der Waals surface area (Å²) < 4.78 is 16.3. The number of nitrogens with one attached hydrogen (secondary N) is 1. The molecule has 0 saturated carbocycles. The van der Waals surface area contributed by atoms with Gasteiger partial charge in [-0.3, -0.25) is 4.90 Å². The van der Waals surface area contributed by atoms with Crippen molar-refractivity contribution in [3.63, 3.8) is 0 Å². The van der Waals surface area contributed by atoms with E-state index in [1.165, 1.54) is 0 Å². The number of benzene rings is 1. The molecule has 1 aliphatic rings. The van der Waals surface area contributed by atoms with Gasteiger partial charge >= 0.3 is 12.1 Å². The first-order chi connectivity index (χ1) is 14.3. The number of morpholine rings is 1. The molecule has 0 radical (unpaired) electrons. The van der Waals surface area contributed by atoms with Crippen molar-refractivity contribution in [2.75, 3.05) is 32.8 Å². The Morgan fingerprint density at radius 2 is 1.90 bits per heavy atom. The average molecular weight is 419 g/mol. The van der Waals surface area contributed by atoms with E-state index in [9.17, 15) is 9.59 Å². The number of esters is 1. The van der Waals surface area contributed by atoms with Crippen LogP contribution in [-0.4, -0.2) is 61.5 Å². The Morgan fingerprint density at radius 1 is 1.23 bits per heavy atom. The van der Waals surface area contributed by atoms with Crippen LogP contribution in [0, 0.1) is 5.92 Å². The van der Waals surface area contributed by atoms with Crippen LogP contribution in [0.5, 0.6) is 0 Å².